The van der Waals surface area contributed by atoms with E-state index in [9.17, 15) is 13.6 Å². The van der Waals surface area contributed by atoms with Gasteiger partial charge in [-0.15, -0.1) is 0 Å². The summed E-state index contributed by atoms with van der Waals surface area (Å²) in [6, 6.07) is 11.7. The quantitative estimate of drug-likeness (QED) is 0.507. The number of aryl methyl sites for hydroxylation is 1. The van der Waals surface area contributed by atoms with Crippen molar-refractivity contribution < 1.29 is 13.2 Å². The molecule has 3 heterocycles. The van der Waals surface area contributed by atoms with Crippen LogP contribution in [0.1, 0.15) is 17.6 Å². The number of benzene rings is 1. The molecular weight excluding hydrogens is 372 g/mol. The molecule has 1 N–H and O–H groups in total. The second kappa shape index (κ2) is 6.55. The van der Waals surface area contributed by atoms with E-state index >= 15 is 0 Å². The molecular formula is C19H13F2N3O2S. The van der Waals surface area contributed by atoms with Crippen LogP contribution in [0, 0.1) is 11.7 Å². The molecule has 1 aromatic carbocycles. The van der Waals surface area contributed by atoms with Crippen molar-refractivity contribution in [2.24, 2.45) is 0 Å². The number of alkyl halides is 2. The first-order chi connectivity index (χ1) is 13.0. The number of nitrogens with one attached hydrogen (secondary N) is 1. The molecule has 0 unspecified atom stereocenters. The maximum absolute atomic E-state index is 13.8. The lowest BCUT2D eigenvalue weighted by Gasteiger charge is -2.14. The number of halogens is 2. The molecule has 27 heavy (non-hydrogen) atoms. The smallest absolute Gasteiger partial charge is 0.264 e. The number of aromatic nitrogens is 3. The number of nitrogens with zero attached hydrogens (tertiary/aromatic N) is 2. The summed E-state index contributed by atoms with van der Waals surface area (Å²) in [4.78, 5) is 19.4. The minimum atomic E-state index is -2.87. The van der Waals surface area contributed by atoms with E-state index < -0.39 is 17.5 Å². The standard InChI is InChI=1S/C19H13F2N3O2S/c1-10-4-2-5-11(8-10)24-17-15(18(25)23-19(24)27)12(16(20)21)9-13(22-17)14-6-3-7-26-14/h2-9,16H,1H3,(H,23,25,27). The first-order valence-electron chi connectivity index (χ1n) is 8.05. The van der Waals surface area contributed by atoms with Crippen LogP contribution in [0.2, 0.25) is 0 Å². The van der Waals surface area contributed by atoms with Gasteiger partial charge in [0.15, 0.2) is 16.2 Å². The van der Waals surface area contributed by atoms with E-state index in [1.807, 2.05) is 25.1 Å². The molecule has 0 atom stereocenters. The Labute approximate surface area is 156 Å². The van der Waals surface area contributed by atoms with Crippen molar-refractivity contribution in [3.05, 3.63) is 75.0 Å². The fraction of sp³-hybridized carbons (Fsp3) is 0.105. The van der Waals surface area contributed by atoms with E-state index in [0.717, 1.165) is 5.56 Å². The largest absolute Gasteiger partial charge is 0.463 e. The summed E-state index contributed by atoms with van der Waals surface area (Å²) in [5, 5.41) is -0.199. The Balaban J connectivity index is 2.18. The molecule has 0 aliphatic carbocycles. The topological polar surface area (TPSA) is 63.8 Å². The number of hydrogen-bond donors (Lipinski definition) is 1. The van der Waals surface area contributed by atoms with Crippen LogP contribution in [-0.2, 0) is 0 Å². The highest BCUT2D eigenvalue weighted by molar-refractivity contribution is 7.71. The molecule has 3 aromatic heterocycles. The second-order valence-corrected chi connectivity index (χ2v) is 6.39. The Morgan fingerprint density at radius 1 is 1.22 bits per heavy atom. The van der Waals surface area contributed by atoms with Crippen LogP contribution in [0.5, 0.6) is 0 Å². The summed E-state index contributed by atoms with van der Waals surface area (Å²) >= 11 is 5.30. The minimum absolute atomic E-state index is 0.0542. The van der Waals surface area contributed by atoms with Gasteiger partial charge in [-0.1, -0.05) is 12.1 Å². The normalized spacial score (nSPS) is 11.4. The lowest BCUT2D eigenvalue weighted by Crippen LogP contribution is -2.17. The molecule has 0 bridgehead atoms. The number of aromatic amines is 1. The van der Waals surface area contributed by atoms with Crippen molar-refractivity contribution in [3.63, 3.8) is 0 Å². The number of fused-ring (bicyclic) bond motifs is 1. The molecule has 0 aliphatic heterocycles. The van der Waals surface area contributed by atoms with Crippen molar-refractivity contribution in [1.29, 1.82) is 0 Å². The molecule has 0 spiro atoms. The highest BCUT2D eigenvalue weighted by atomic mass is 32.1. The molecule has 0 radical (unpaired) electrons. The number of rotatable bonds is 3. The summed E-state index contributed by atoms with van der Waals surface area (Å²) in [5.41, 5.74) is 0.690. The summed E-state index contributed by atoms with van der Waals surface area (Å²) in [6.07, 6.45) is -1.44. The number of hydrogen-bond acceptors (Lipinski definition) is 4. The van der Waals surface area contributed by atoms with Gasteiger partial charge in [0, 0.05) is 5.56 Å². The van der Waals surface area contributed by atoms with Crippen molar-refractivity contribution in [2.75, 3.05) is 0 Å². The summed E-state index contributed by atoms with van der Waals surface area (Å²) in [5.74, 6) is 0.320. The third-order valence-corrected chi connectivity index (χ3v) is 4.45. The van der Waals surface area contributed by atoms with Gasteiger partial charge in [-0.25, -0.2) is 13.8 Å². The Bertz CT molecular complexity index is 1260. The Kier molecular flexibility index (Phi) is 4.19. The maximum atomic E-state index is 13.8. The molecule has 5 nitrogen and oxygen atoms in total. The summed E-state index contributed by atoms with van der Waals surface area (Å²) < 4.78 is 34.4. The highest BCUT2D eigenvalue weighted by Gasteiger charge is 2.21. The van der Waals surface area contributed by atoms with E-state index in [-0.39, 0.29) is 21.5 Å². The van der Waals surface area contributed by atoms with Gasteiger partial charge < -0.3 is 4.42 Å². The second-order valence-electron chi connectivity index (χ2n) is 6.01. The maximum Gasteiger partial charge on any atom is 0.264 e. The van der Waals surface area contributed by atoms with Crippen molar-refractivity contribution in [2.45, 2.75) is 13.3 Å². The van der Waals surface area contributed by atoms with Gasteiger partial charge in [0.05, 0.1) is 17.3 Å². The van der Waals surface area contributed by atoms with Crippen LogP contribution in [0.25, 0.3) is 28.2 Å². The molecule has 0 amide bonds. The third-order valence-electron chi connectivity index (χ3n) is 4.16. The van der Waals surface area contributed by atoms with Crippen LogP contribution < -0.4 is 5.56 Å². The molecule has 0 fully saturated rings. The number of pyridine rings is 1. The average molecular weight is 385 g/mol. The van der Waals surface area contributed by atoms with Crippen molar-refractivity contribution >= 4 is 23.3 Å². The lowest BCUT2D eigenvalue weighted by atomic mass is 10.1. The molecule has 136 valence electrons. The fourth-order valence-corrected chi connectivity index (χ4v) is 3.27. The summed E-state index contributed by atoms with van der Waals surface area (Å²) in [7, 11) is 0. The lowest BCUT2D eigenvalue weighted by molar-refractivity contribution is 0.153. The van der Waals surface area contributed by atoms with Gasteiger partial charge in [0.2, 0.25) is 0 Å². The molecule has 4 rings (SSSR count). The van der Waals surface area contributed by atoms with Crippen LogP contribution in [0.3, 0.4) is 0 Å². The van der Waals surface area contributed by atoms with Gasteiger partial charge in [-0.3, -0.25) is 14.3 Å². The first-order valence-corrected chi connectivity index (χ1v) is 8.45. The van der Waals surface area contributed by atoms with E-state index in [1.54, 1.807) is 18.2 Å². The van der Waals surface area contributed by atoms with Crippen LogP contribution in [0.4, 0.5) is 8.78 Å². The Hall–Kier alpha value is -3.13. The van der Waals surface area contributed by atoms with Crippen LogP contribution in [-0.4, -0.2) is 14.5 Å². The molecule has 0 saturated heterocycles. The van der Waals surface area contributed by atoms with Gasteiger partial charge in [-0.05, 0) is 55.0 Å². The van der Waals surface area contributed by atoms with Gasteiger partial charge in [0.1, 0.15) is 5.69 Å². The molecule has 0 saturated carbocycles. The molecule has 8 heteroatoms. The van der Waals surface area contributed by atoms with E-state index in [4.69, 9.17) is 16.6 Å². The summed E-state index contributed by atoms with van der Waals surface area (Å²) in [6.45, 7) is 1.90. The molecule has 4 aromatic rings. The Morgan fingerprint density at radius 2 is 2.04 bits per heavy atom. The monoisotopic (exact) mass is 385 g/mol. The highest BCUT2D eigenvalue weighted by Crippen LogP contribution is 2.30. The average Bonchev–Trinajstić information content (AvgIpc) is 3.15. The van der Waals surface area contributed by atoms with E-state index in [2.05, 4.69) is 9.97 Å². The van der Waals surface area contributed by atoms with E-state index in [1.165, 1.54) is 16.9 Å². The van der Waals surface area contributed by atoms with Crippen molar-refractivity contribution in [3.8, 4) is 17.1 Å². The zero-order chi connectivity index (χ0) is 19.1. The predicted molar refractivity (Wildman–Crippen MR) is 99.9 cm³/mol. The van der Waals surface area contributed by atoms with Gasteiger partial charge in [0.25, 0.3) is 12.0 Å². The van der Waals surface area contributed by atoms with E-state index in [0.29, 0.717) is 11.4 Å². The van der Waals surface area contributed by atoms with Crippen LogP contribution in [0.15, 0.2) is 57.9 Å². The zero-order valence-corrected chi connectivity index (χ0v) is 14.9. The predicted octanol–water partition coefficient (Wildman–Crippen LogP) is 4.95. The minimum Gasteiger partial charge on any atom is -0.463 e. The van der Waals surface area contributed by atoms with Gasteiger partial charge >= 0.3 is 0 Å². The van der Waals surface area contributed by atoms with Gasteiger partial charge in [-0.2, -0.15) is 0 Å². The SMILES string of the molecule is Cc1cccc(-n2c(=S)[nH]c(=O)c3c(C(F)F)cc(-c4ccco4)nc32)c1. The fourth-order valence-electron chi connectivity index (χ4n) is 2.99. The molecule has 0 aliphatic rings. The Morgan fingerprint density at radius 3 is 2.70 bits per heavy atom. The first kappa shape index (κ1) is 17.3. The van der Waals surface area contributed by atoms with Crippen molar-refractivity contribution in [1.82, 2.24) is 14.5 Å². The zero-order valence-electron chi connectivity index (χ0n) is 14.1. The number of H-pyrrole nitrogens is 1. The number of furan rings is 1. The third kappa shape index (κ3) is 2.97. The van der Waals surface area contributed by atoms with Crippen LogP contribution >= 0.6 is 12.2 Å².